The van der Waals surface area contributed by atoms with Gasteiger partial charge in [-0.05, 0) is 23.6 Å². The lowest BCUT2D eigenvalue weighted by Crippen LogP contribution is -2.34. The molecule has 0 saturated carbocycles. The molecule has 0 aliphatic carbocycles. The van der Waals surface area contributed by atoms with Crippen molar-refractivity contribution in [2.75, 3.05) is 13.7 Å². The first kappa shape index (κ1) is 21.0. The summed E-state index contributed by atoms with van der Waals surface area (Å²) < 4.78 is 10.9. The number of halogens is 1. The van der Waals surface area contributed by atoms with Gasteiger partial charge in [-0.1, -0.05) is 26.0 Å². The number of hydrogen-bond donors (Lipinski definition) is 2. The molecule has 0 aliphatic rings. The number of pyridine rings is 1. The Balaban J connectivity index is 0.00000312. The minimum absolute atomic E-state index is 0. The van der Waals surface area contributed by atoms with Crippen molar-refractivity contribution in [3.05, 3.63) is 48.2 Å². The zero-order valence-corrected chi connectivity index (χ0v) is 17.1. The SMILES string of the molecule is COc1cccc(Oc2ccc(CN=C(N)NCC(C)C)cn2)c1.I. The molecule has 1 aromatic heterocycles. The highest BCUT2D eigenvalue weighted by Crippen LogP contribution is 2.23. The van der Waals surface area contributed by atoms with Gasteiger partial charge in [0.15, 0.2) is 5.96 Å². The van der Waals surface area contributed by atoms with Gasteiger partial charge in [-0.15, -0.1) is 24.0 Å². The summed E-state index contributed by atoms with van der Waals surface area (Å²) in [6.07, 6.45) is 1.73. The normalized spacial score (nSPS) is 11.0. The maximum atomic E-state index is 5.81. The second-order valence-corrected chi connectivity index (χ2v) is 5.76. The fraction of sp³-hybridized carbons (Fsp3) is 0.333. The van der Waals surface area contributed by atoms with Crippen LogP contribution in [0.1, 0.15) is 19.4 Å². The van der Waals surface area contributed by atoms with Crippen LogP contribution in [-0.2, 0) is 6.54 Å². The number of aromatic nitrogens is 1. The lowest BCUT2D eigenvalue weighted by molar-refractivity contribution is 0.407. The lowest BCUT2D eigenvalue weighted by Gasteiger charge is -2.08. The van der Waals surface area contributed by atoms with Crippen LogP contribution in [0.3, 0.4) is 0 Å². The monoisotopic (exact) mass is 456 g/mol. The molecule has 0 aliphatic heterocycles. The van der Waals surface area contributed by atoms with Crippen LogP contribution in [0.4, 0.5) is 0 Å². The summed E-state index contributed by atoms with van der Waals surface area (Å²) in [6.45, 7) is 5.51. The number of rotatable bonds is 7. The van der Waals surface area contributed by atoms with E-state index in [1.165, 1.54) is 0 Å². The Morgan fingerprint density at radius 1 is 1.24 bits per heavy atom. The molecule has 0 unspecified atom stereocenters. The molecule has 1 heterocycles. The van der Waals surface area contributed by atoms with Crippen molar-refractivity contribution in [2.24, 2.45) is 16.6 Å². The predicted octanol–water partition coefficient (Wildman–Crippen LogP) is 3.56. The lowest BCUT2D eigenvalue weighted by atomic mass is 10.2. The number of aliphatic imine (C=N–C) groups is 1. The van der Waals surface area contributed by atoms with Crippen LogP contribution in [0.25, 0.3) is 0 Å². The Morgan fingerprint density at radius 2 is 2.00 bits per heavy atom. The predicted molar refractivity (Wildman–Crippen MR) is 111 cm³/mol. The van der Waals surface area contributed by atoms with Crippen molar-refractivity contribution in [3.63, 3.8) is 0 Å². The summed E-state index contributed by atoms with van der Waals surface area (Å²) in [5.74, 6) is 2.90. The molecule has 0 saturated heterocycles. The quantitative estimate of drug-likeness (QED) is 0.378. The standard InChI is InChI=1S/C18H24N4O2.HI/c1-13(2)10-21-18(19)22-12-14-7-8-17(20-11-14)24-16-6-4-5-15(9-16)23-3;/h4-9,11,13H,10,12H2,1-3H3,(H3,19,21,22);1H. The minimum atomic E-state index is 0. The van der Waals surface area contributed by atoms with Gasteiger partial charge in [-0.2, -0.15) is 0 Å². The van der Waals surface area contributed by atoms with Crippen molar-refractivity contribution < 1.29 is 9.47 Å². The van der Waals surface area contributed by atoms with Crippen molar-refractivity contribution >= 4 is 29.9 Å². The third-order valence-corrected chi connectivity index (χ3v) is 3.18. The van der Waals surface area contributed by atoms with Crippen molar-refractivity contribution in [1.82, 2.24) is 10.3 Å². The average molecular weight is 456 g/mol. The van der Waals surface area contributed by atoms with Gasteiger partial charge in [-0.25, -0.2) is 9.98 Å². The number of nitrogens with one attached hydrogen (secondary N) is 1. The molecule has 7 heteroatoms. The summed E-state index contributed by atoms with van der Waals surface area (Å²) in [7, 11) is 1.62. The van der Waals surface area contributed by atoms with Gasteiger partial charge in [0.25, 0.3) is 0 Å². The summed E-state index contributed by atoms with van der Waals surface area (Å²) in [5.41, 5.74) is 6.77. The van der Waals surface area contributed by atoms with Gasteiger partial charge < -0.3 is 20.5 Å². The summed E-state index contributed by atoms with van der Waals surface area (Å²) in [5, 5.41) is 3.08. The maximum absolute atomic E-state index is 5.81. The molecule has 0 radical (unpaired) electrons. The Bertz CT molecular complexity index is 675. The zero-order chi connectivity index (χ0) is 17.4. The highest BCUT2D eigenvalue weighted by Gasteiger charge is 2.01. The van der Waals surface area contributed by atoms with Crippen LogP contribution in [0.15, 0.2) is 47.6 Å². The van der Waals surface area contributed by atoms with Crippen LogP contribution >= 0.6 is 24.0 Å². The smallest absolute Gasteiger partial charge is 0.219 e. The first-order valence-electron chi connectivity index (χ1n) is 7.87. The number of benzene rings is 1. The fourth-order valence-electron chi connectivity index (χ4n) is 1.89. The number of hydrogen-bond acceptors (Lipinski definition) is 4. The summed E-state index contributed by atoms with van der Waals surface area (Å²) in [4.78, 5) is 8.58. The van der Waals surface area contributed by atoms with Gasteiger partial charge >= 0.3 is 0 Å². The van der Waals surface area contributed by atoms with Crippen LogP contribution in [0.2, 0.25) is 0 Å². The molecule has 0 spiro atoms. The van der Waals surface area contributed by atoms with Gasteiger partial charge in [-0.3, -0.25) is 0 Å². The summed E-state index contributed by atoms with van der Waals surface area (Å²) >= 11 is 0. The number of nitrogens with two attached hydrogens (primary N) is 1. The third-order valence-electron chi connectivity index (χ3n) is 3.18. The van der Waals surface area contributed by atoms with E-state index in [-0.39, 0.29) is 24.0 Å². The van der Waals surface area contributed by atoms with Crippen LogP contribution in [0, 0.1) is 5.92 Å². The van der Waals surface area contributed by atoms with Gasteiger partial charge in [0.1, 0.15) is 11.5 Å². The van der Waals surface area contributed by atoms with Crippen LogP contribution in [-0.4, -0.2) is 24.6 Å². The second-order valence-electron chi connectivity index (χ2n) is 5.76. The van der Waals surface area contributed by atoms with Crippen LogP contribution < -0.4 is 20.5 Å². The van der Waals surface area contributed by atoms with E-state index in [4.69, 9.17) is 15.2 Å². The molecule has 1 aromatic carbocycles. The second kappa shape index (κ2) is 10.8. The summed E-state index contributed by atoms with van der Waals surface area (Å²) in [6, 6.07) is 11.1. The van der Waals surface area contributed by atoms with E-state index in [2.05, 4.69) is 29.1 Å². The first-order chi connectivity index (χ1) is 11.6. The molecular formula is C18H25IN4O2. The molecular weight excluding hydrogens is 431 g/mol. The zero-order valence-electron chi connectivity index (χ0n) is 14.7. The molecule has 0 bridgehead atoms. The van der Waals surface area contributed by atoms with Crippen molar-refractivity contribution in [2.45, 2.75) is 20.4 Å². The van der Waals surface area contributed by atoms with Gasteiger partial charge in [0.2, 0.25) is 5.88 Å². The molecule has 0 fully saturated rings. The van der Waals surface area contributed by atoms with E-state index < -0.39 is 0 Å². The van der Waals surface area contributed by atoms with Crippen LogP contribution in [0.5, 0.6) is 17.4 Å². The number of nitrogens with zero attached hydrogens (tertiary/aromatic N) is 2. The first-order valence-corrected chi connectivity index (χ1v) is 7.87. The molecule has 0 amide bonds. The Hall–Kier alpha value is -2.03. The number of methoxy groups -OCH3 is 1. The number of guanidine groups is 1. The van der Waals surface area contributed by atoms with Gasteiger partial charge in [0, 0.05) is 24.9 Å². The minimum Gasteiger partial charge on any atom is -0.497 e. The average Bonchev–Trinajstić information content (AvgIpc) is 2.59. The molecule has 6 nitrogen and oxygen atoms in total. The third kappa shape index (κ3) is 7.59. The van der Waals surface area contributed by atoms with E-state index in [0.29, 0.717) is 30.1 Å². The van der Waals surface area contributed by atoms with Crippen molar-refractivity contribution in [1.29, 1.82) is 0 Å². The maximum Gasteiger partial charge on any atom is 0.219 e. The van der Waals surface area contributed by atoms with Gasteiger partial charge in [0.05, 0.1) is 13.7 Å². The van der Waals surface area contributed by atoms with E-state index in [9.17, 15) is 0 Å². The molecule has 25 heavy (non-hydrogen) atoms. The molecule has 136 valence electrons. The molecule has 0 atom stereocenters. The van der Waals surface area contributed by atoms with E-state index in [1.807, 2.05) is 30.3 Å². The largest absolute Gasteiger partial charge is 0.497 e. The van der Waals surface area contributed by atoms with E-state index >= 15 is 0 Å². The molecule has 2 rings (SSSR count). The fourth-order valence-corrected chi connectivity index (χ4v) is 1.89. The Labute approximate surface area is 165 Å². The van der Waals surface area contributed by atoms with E-state index in [1.54, 1.807) is 19.4 Å². The van der Waals surface area contributed by atoms with E-state index in [0.717, 1.165) is 17.9 Å². The molecule has 3 N–H and O–H groups in total. The highest BCUT2D eigenvalue weighted by molar-refractivity contribution is 14.0. The van der Waals surface area contributed by atoms with Crippen molar-refractivity contribution in [3.8, 4) is 17.4 Å². The number of ether oxygens (including phenoxy) is 2. The Morgan fingerprint density at radius 3 is 2.64 bits per heavy atom. The Kier molecular flexibility index (Phi) is 9.04. The molecule has 2 aromatic rings. The topological polar surface area (TPSA) is 81.8 Å². The highest BCUT2D eigenvalue weighted by atomic mass is 127.